The summed E-state index contributed by atoms with van der Waals surface area (Å²) >= 11 is 0. The topological polar surface area (TPSA) is 95.1 Å². The van der Waals surface area contributed by atoms with Crippen molar-refractivity contribution in [2.75, 3.05) is 38.1 Å². The number of likely N-dealkylation sites (N-methyl/N-ethyl adjacent to an activating group) is 1. The van der Waals surface area contributed by atoms with Gasteiger partial charge < -0.3 is 9.80 Å². The highest BCUT2D eigenvalue weighted by Gasteiger charge is 2.34. The first-order valence-corrected chi connectivity index (χ1v) is 11.6. The zero-order valence-corrected chi connectivity index (χ0v) is 19.7. The number of aromatic amines is 1. The molecule has 1 fully saturated rings. The smallest absolute Gasteiger partial charge is 0.0999 e. The molecule has 2 aromatic carbocycles. The third kappa shape index (κ3) is 3.75. The second-order valence-electron chi connectivity index (χ2n) is 9.16. The number of hydrogen-bond acceptors (Lipinski definition) is 6. The monoisotopic (exact) mass is 449 g/mol. The summed E-state index contributed by atoms with van der Waals surface area (Å²) in [7, 11) is 2.16. The molecule has 1 N–H and O–H groups in total. The Balaban J connectivity index is 1.51. The number of H-pyrrole nitrogens is 1. The van der Waals surface area contributed by atoms with Crippen molar-refractivity contribution in [3.8, 4) is 23.4 Å². The molecule has 0 amide bonds. The number of aliphatic imine (C=N–C) groups is 1. The van der Waals surface area contributed by atoms with Crippen molar-refractivity contribution in [3.63, 3.8) is 0 Å². The summed E-state index contributed by atoms with van der Waals surface area (Å²) in [5.41, 5.74) is 6.97. The van der Waals surface area contributed by atoms with Gasteiger partial charge in [0.1, 0.15) is 0 Å². The zero-order chi connectivity index (χ0) is 23.8. The summed E-state index contributed by atoms with van der Waals surface area (Å²) in [4.78, 5) is 9.22. The number of aromatic nitrogens is 2. The molecule has 170 valence electrons. The molecule has 3 heterocycles. The van der Waals surface area contributed by atoms with Gasteiger partial charge in [-0.05, 0) is 50.7 Å². The lowest BCUT2D eigenvalue weighted by Crippen LogP contribution is -2.44. The first-order chi connectivity index (χ1) is 16.5. The number of rotatable bonds is 3. The maximum absolute atomic E-state index is 9.86. The minimum Gasteiger partial charge on any atom is -0.369 e. The highest BCUT2D eigenvalue weighted by molar-refractivity contribution is 5.95. The molecule has 7 heteroatoms. The molecular weight excluding hydrogens is 422 g/mol. The summed E-state index contributed by atoms with van der Waals surface area (Å²) in [5, 5.41) is 28.4. The summed E-state index contributed by atoms with van der Waals surface area (Å²) in [6.07, 6.45) is 0. The molecule has 0 spiro atoms. The molecule has 7 nitrogen and oxygen atoms in total. The average molecular weight is 450 g/mol. The van der Waals surface area contributed by atoms with E-state index in [0.29, 0.717) is 11.3 Å². The molecule has 0 saturated carbocycles. The van der Waals surface area contributed by atoms with Crippen LogP contribution in [-0.2, 0) is 0 Å². The van der Waals surface area contributed by atoms with Gasteiger partial charge in [0.15, 0.2) is 0 Å². The van der Waals surface area contributed by atoms with Crippen LogP contribution in [0.2, 0.25) is 0 Å². The molecular formula is C27H27N7. The van der Waals surface area contributed by atoms with Gasteiger partial charge in [0.2, 0.25) is 0 Å². The minimum absolute atomic E-state index is 0.334. The second-order valence-corrected chi connectivity index (χ2v) is 9.16. The Morgan fingerprint density at radius 2 is 1.74 bits per heavy atom. The fraction of sp³-hybridized carbons (Fsp3) is 0.333. The molecule has 2 aliphatic rings. The van der Waals surface area contributed by atoms with Crippen LogP contribution in [0.3, 0.4) is 0 Å². The lowest BCUT2D eigenvalue weighted by molar-refractivity contribution is 0.313. The highest BCUT2D eigenvalue weighted by Crippen LogP contribution is 2.40. The number of nitrogens with one attached hydrogen (secondary N) is 1. The summed E-state index contributed by atoms with van der Waals surface area (Å²) in [6, 6.07) is 19.3. The molecule has 2 atom stereocenters. The van der Waals surface area contributed by atoms with Crippen molar-refractivity contribution in [1.29, 1.82) is 10.5 Å². The highest BCUT2D eigenvalue weighted by atomic mass is 15.2. The van der Waals surface area contributed by atoms with Crippen LogP contribution in [0.5, 0.6) is 0 Å². The van der Waals surface area contributed by atoms with Crippen LogP contribution >= 0.6 is 0 Å². The van der Waals surface area contributed by atoms with Gasteiger partial charge in [-0.1, -0.05) is 18.2 Å². The lowest BCUT2D eigenvalue weighted by Gasteiger charge is -2.34. The van der Waals surface area contributed by atoms with Gasteiger partial charge in [-0.3, -0.25) is 10.1 Å². The third-order valence-corrected chi connectivity index (χ3v) is 7.04. The van der Waals surface area contributed by atoms with Crippen molar-refractivity contribution in [2.45, 2.75) is 19.8 Å². The van der Waals surface area contributed by atoms with Crippen molar-refractivity contribution >= 4 is 22.3 Å². The number of piperazine rings is 1. The van der Waals surface area contributed by atoms with Gasteiger partial charge in [-0.25, -0.2) is 0 Å². The number of nitrogens with zero attached hydrogens (tertiary/aromatic N) is 6. The number of anilines is 1. The zero-order valence-electron chi connectivity index (χ0n) is 19.7. The molecule has 1 aromatic heterocycles. The van der Waals surface area contributed by atoms with Crippen LogP contribution in [0.4, 0.5) is 5.69 Å². The molecule has 3 aromatic rings. The number of nitriles is 2. The fourth-order valence-electron chi connectivity index (χ4n) is 5.04. The normalized spacial score (nSPS) is 21.3. The van der Waals surface area contributed by atoms with Crippen LogP contribution in [0.1, 0.15) is 25.3 Å². The van der Waals surface area contributed by atoms with E-state index in [4.69, 9.17) is 0 Å². The van der Waals surface area contributed by atoms with E-state index in [1.54, 1.807) is 0 Å². The Bertz CT molecular complexity index is 1370. The van der Waals surface area contributed by atoms with E-state index < -0.39 is 5.92 Å². The molecule has 0 bridgehead atoms. The van der Waals surface area contributed by atoms with Crippen LogP contribution in [0.15, 0.2) is 58.7 Å². The van der Waals surface area contributed by atoms with E-state index in [1.807, 2.05) is 26.0 Å². The van der Waals surface area contributed by atoms with Gasteiger partial charge in [0.05, 0.1) is 40.5 Å². The van der Waals surface area contributed by atoms with E-state index in [2.05, 4.69) is 74.5 Å². The Morgan fingerprint density at radius 3 is 2.41 bits per heavy atom. The van der Waals surface area contributed by atoms with Crippen molar-refractivity contribution < 1.29 is 0 Å². The van der Waals surface area contributed by atoms with Gasteiger partial charge in [0.25, 0.3) is 0 Å². The second kappa shape index (κ2) is 8.78. The number of benzene rings is 2. The minimum atomic E-state index is -0.464. The standard InChI is InChI=1S/C27H27N7/c1-17-23(15-28)26(24(16-29)18(2)30-17)20-6-9-25-22(14-20)27(32-31-25)19-4-7-21(8-5-19)34-12-10-33(3)11-13-34/h4-9,14,23,26H,10-13H2,1-3H3,(H,31,32). The van der Waals surface area contributed by atoms with E-state index in [0.717, 1.165) is 59.6 Å². The molecule has 2 unspecified atom stereocenters. The Labute approximate surface area is 199 Å². The third-order valence-electron chi connectivity index (χ3n) is 7.04. The first-order valence-electron chi connectivity index (χ1n) is 11.6. The maximum atomic E-state index is 9.86. The van der Waals surface area contributed by atoms with Crippen LogP contribution < -0.4 is 4.90 Å². The van der Waals surface area contributed by atoms with Gasteiger partial charge >= 0.3 is 0 Å². The maximum Gasteiger partial charge on any atom is 0.0999 e. The average Bonchev–Trinajstić information content (AvgIpc) is 3.27. The summed E-state index contributed by atoms with van der Waals surface area (Å²) in [5.74, 6) is -0.798. The van der Waals surface area contributed by atoms with Crippen LogP contribution in [0.25, 0.3) is 22.2 Å². The predicted molar refractivity (Wildman–Crippen MR) is 135 cm³/mol. The largest absolute Gasteiger partial charge is 0.369 e. The Morgan fingerprint density at radius 1 is 1.00 bits per heavy atom. The first kappa shape index (κ1) is 21.9. The Hall–Kier alpha value is -3.94. The van der Waals surface area contributed by atoms with Crippen molar-refractivity contribution in [1.82, 2.24) is 15.1 Å². The lowest BCUT2D eigenvalue weighted by atomic mass is 9.76. The quantitative estimate of drug-likeness (QED) is 0.636. The molecule has 2 aliphatic heterocycles. The molecule has 34 heavy (non-hydrogen) atoms. The van der Waals surface area contributed by atoms with Crippen molar-refractivity contribution in [3.05, 3.63) is 59.3 Å². The molecule has 5 rings (SSSR count). The number of allylic oxidation sites excluding steroid dienone is 2. The van der Waals surface area contributed by atoms with E-state index in [-0.39, 0.29) is 5.92 Å². The molecule has 1 saturated heterocycles. The van der Waals surface area contributed by atoms with Gasteiger partial charge in [-0.15, -0.1) is 0 Å². The SMILES string of the molecule is CC1=NC(C)=C(C#N)C(c2ccc3[nH]nc(-c4ccc(N5CCN(C)CC5)cc4)c3c2)C1C#N. The van der Waals surface area contributed by atoms with Gasteiger partial charge in [0, 0.05) is 54.4 Å². The number of fused-ring (bicyclic) bond motifs is 1. The van der Waals surface area contributed by atoms with Crippen LogP contribution in [-0.4, -0.2) is 54.0 Å². The van der Waals surface area contributed by atoms with E-state index in [1.165, 1.54) is 5.69 Å². The fourth-order valence-corrected chi connectivity index (χ4v) is 5.04. The molecule has 0 aliphatic carbocycles. The van der Waals surface area contributed by atoms with E-state index in [9.17, 15) is 10.5 Å². The van der Waals surface area contributed by atoms with Gasteiger partial charge in [-0.2, -0.15) is 15.6 Å². The Kier molecular flexibility index (Phi) is 5.65. The van der Waals surface area contributed by atoms with Crippen molar-refractivity contribution in [2.24, 2.45) is 10.9 Å². The predicted octanol–water partition coefficient (Wildman–Crippen LogP) is 4.48. The van der Waals surface area contributed by atoms with E-state index >= 15 is 0 Å². The summed E-state index contributed by atoms with van der Waals surface area (Å²) in [6.45, 7) is 7.91. The summed E-state index contributed by atoms with van der Waals surface area (Å²) < 4.78 is 0. The number of hydrogen-bond donors (Lipinski definition) is 1. The van der Waals surface area contributed by atoms with Crippen LogP contribution in [0, 0.1) is 28.6 Å². The molecule has 0 radical (unpaired) electrons.